The second kappa shape index (κ2) is 7.26. The quantitative estimate of drug-likeness (QED) is 0.329. The molecule has 0 aliphatic rings. The molecule has 0 aromatic heterocycles. The average molecular weight is 134 g/mol. The van der Waals surface area contributed by atoms with Gasteiger partial charge in [0.2, 0.25) is 0 Å². The molecule has 9 heavy (non-hydrogen) atoms. The molecular formula is C5H10O4. The predicted molar refractivity (Wildman–Crippen MR) is 31.2 cm³/mol. The Morgan fingerprint density at radius 2 is 1.33 bits per heavy atom. The Bertz CT molecular complexity index is 85.1. The number of hydrogen-bond donors (Lipinski definition) is 2. The summed E-state index contributed by atoms with van der Waals surface area (Å²) < 4.78 is 0. The van der Waals surface area contributed by atoms with Gasteiger partial charge in [0.1, 0.15) is 11.6 Å². The highest BCUT2D eigenvalue weighted by atomic mass is 17.0. The smallest absolute Gasteiger partial charge is 0.137 e. The van der Waals surface area contributed by atoms with Crippen LogP contribution in [0.3, 0.4) is 0 Å². The highest BCUT2D eigenvalue weighted by Gasteiger charge is 1.94. The molecule has 0 atom stereocenters. The molecule has 0 aromatic carbocycles. The highest BCUT2D eigenvalue weighted by molar-refractivity contribution is 5.96. The highest BCUT2D eigenvalue weighted by Crippen LogP contribution is 1.80. The molecule has 0 saturated heterocycles. The van der Waals surface area contributed by atoms with Crippen LogP contribution in [0.15, 0.2) is 0 Å². The predicted octanol–water partition coefficient (Wildman–Crippen LogP) is 0.572. The summed E-state index contributed by atoms with van der Waals surface area (Å²) in [6, 6.07) is 0. The molecule has 0 rings (SSSR count). The molecule has 54 valence electrons. The van der Waals surface area contributed by atoms with E-state index in [9.17, 15) is 9.59 Å². The molecule has 0 bridgehead atoms. The van der Waals surface area contributed by atoms with E-state index in [0.29, 0.717) is 0 Å². The Morgan fingerprint density at radius 3 is 1.33 bits per heavy atom. The lowest BCUT2D eigenvalue weighted by Crippen LogP contribution is -1.97. The first-order valence-corrected chi connectivity index (χ1v) is 2.32. The molecule has 0 aliphatic carbocycles. The van der Waals surface area contributed by atoms with Crippen molar-refractivity contribution in [3.63, 3.8) is 0 Å². The van der Waals surface area contributed by atoms with Crippen molar-refractivity contribution in [2.75, 3.05) is 0 Å². The van der Waals surface area contributed by atoms with E-state index in [1.807, 2.05) is 0 Å². The number of carbonyl (C=O) groups excluding carboxylic acids is 2. The number of carbonyl (C=O) groups is 2. The molecule has 2 N–H and O–H groups in total. The summed E-state index contributed by atoms with van der Waals surface area (Å²) in [6.07, 6.45) is 0.0833. The zero-order valence-electron chi connectivity index (χ0n) is 5.42. The maximum absolute atomic E-state index is 10.0. The van der Waals surface area contributed by atoms with Crippen LogP contribution in [0.2, 0.25) is 0 Å². The van der Waals surface area contributed by atoms with Gasteiger partial charge in [-0.25, -0.2) is 0 Å². The summed E-state index contributed by atoms with van der Waals surface area (Å²) in [5.74, 6) is -0.125. The molecule has 0 heterocycles. The molecular weight excluding hydrogens is 124 g/mol. The van der Waals surface area contributed by atoms with Gasteiger partial charge >= 0.3 is 0 Å². The fourth-order valence-electron chi connectivity index (χ4n) is 0.351. The van der Waals surface area contributed by atoms with Crippen molar-refractivity contribution in [2.45, 2.75) is 20.3 Å². The second-order valence-corrected chi connectivity index (χ2v) is 1.58. The Hall–Kier alpha value is -0.740. The summed E-state index contributed by atoms with van der Waals surface area (Å²) in [6.45, 7) is 2.81. The topological polar surface area (TPSA) is 74.6 Å². The van der Waals surface area contributed by atoms with E-state index in [1.54, 1.807) is 0 Å². The molecule has 0 saturated carbocycles. The van der Waals surface area contributed by atoms with Gasteiger partial charge in [-0.3, -0.25) is 20.1 Å². The van der Waals surface area contributed by atoms with Gasteiger partial charge in [0.05, 0.1) is 6.42 Å². The van der Waals surface area contributed by atoms with Crippen LogP contribution in [0, 0.1) is 0 Å². The third-order valence-corrected chi connectivity index (χ3v) is 0.498. The van der Waals surface area contributed by atoms with Crippen molar-refractivity contribution in [3.8, 4) is 0 Å². The van der Waals surface area contributed by atoms with Crippen molar-refractivity contribution in [1.29, 1.82) is 0 Å². The van der Waals surface area contributed by atoms with Crippen LogP contribution >= 0.6 is 0 Å². The van der Waals surface area contributed by atoms with Gasteiger partial charge in [-0.1, -0.05) is 0 Å². The largest absolute Gasteiger partial charge is 0.300 e. The van der Waals surface area contributed by atoms with E-state index in [1.165, 1.54) is 13.8 Å². The number of hydrogen-bond acceptors (Lipinski definition) is 4. The van der Waals surface area contributed by atoms with Gasteiger partial charge in [-0.15, -0.1) is 0 Å². The van der Waals surface area contributed by atoms with Gasteiger partial charge in [0.25, 0.3) is 0 Å². The normalized spacial score (nSPS) is 7.11. The van der Waals surface area contributed by atoms with Crippen LogP contribution in [0.25, 0.3) is 0 Å². The standard InChI is InChI=1S/C5H8O2.H2O2/c1-4(6)3-5(2)7;1-2/h3H2,1-2H3;1-2H. The zero-order valence-corrected chi connectivity index (χ0v) is 5.42. The fourth-order valence-corrected chi connectivity index (χ4v) is 0.351. The minimum absolute atomic E-state index is 0.0625. The SMILES string of the molecule is CC(=O)CC(C)=O.OO. The van der Waals surface area contributed by atoms with Crippen molar-refractivity contribution in [1.82, 2.24) is 0 Å². The van der Waals surface area contributed by atoms with Crippen molar-refractivity contribution >= 4 is 11.6 Å². The molecule has 0 aromatic rings. The van der Waals surface area contributed by atoms with Gasteiger partial charge in [-0.05, 0) is 13.8 Å². The van der Waals surface area contributed by atoms with Crippen LogP contribution in [-0.4, -0.2) is 22.1 Å². The van der Waals surface area contributed by atoms with Crippen LogP contribution in [0.1, 0.15) is 20.3 Å². The lowest BCUT2D eigenvalue weighted by Gasteiger charge is -1.81. The Morgan fingerprint density at radius 1 is 1.11 bits per heavy atom. The fraction of sp³-hybridized carbons (Fsp3) is 0.600. The van der Waals surface area contributed by atoms with Crippen LogP contribution < -0.4 is 0 Å². The monoisotopic (exact) mass is 134 g/mol. The van der Waals surface area contributed by atoms with Gasteiger partial charge in [0, 0.05) is 0 Å². The van der Waals surface area contributed by atoms with Crippen LogP contribution in [0.5, 0.6) is 0 Å². The second-order valence-electron chi connectivity index (χ2n) is 1.58. The van der Waals surface area contributed by atoms with E-state index in [2.05, 4.69) is 0 Å². The molecule has 0 aliphatic heterocycles. The van der Waals surface area contributed by atoms with E-state index in [4.69, 9.17) is 10.5 Å². The van der Waals surface area contributed by atoms with Gasteiger partial charge in [-0.2, -0.15) is 0 Å². The van der Waals surface area contributed by atoms with Crippen molar-refractivity contribution in [3.05, 3.63) is 0 Å². The Balaban J connectivity index is 0. The minimum atomic E-state index is -0.0625. The first-order valence-electron chi connectivity index (χ1n) is 2.32. The molecule has 0 amide bonds. The van der Waals surface area contributed by atoms with Gasteiger partial charge < -0.3 is 0 Å². The average Bonchev–Trinajstić information content (AvgIpc) is 1.68. The number of rotatable bonds is 2. The Labute approximate surface area is 53.0 Å². The number of Topliss-reactive ketones (excluding diaryl/α,β-unsaturated/α-hetero) is 2. The molecule has 4 heteroatoms. The lowest BCUT2D eigenvalue weighted by atomic mass is 10.2. The summed E-state index contributed by atoms with van der Waals surface area (Å²) in [4.78, 5) is 20.1. The maximum atomic E-state index is 10.0. The summed E-state index contributed by atoms with van der Waals surface area (Å²) in [5.41, 5.74) is 0. The van der Waals surface area contributed by atoms with E-state index in [-0.39, 0.29) is 18.0 Å². The Kier molecular flexibility index (Phi) is 8.96. The molecule has 0 spiro atoms. The lowest BCUT2D eigenvalue weighted by molar-refractivity contribution is -0.176. The molecule has 0 unspecified atom stereocenters. The van der Waals surface area contributed by atoms with Crippen molar-refractivity contribution in [2.24, 2.45) is 0 Å². The number of ketones is 2. The van der Waals surface area contributed by atoms with E-state index in [0.717, 1.165) is 0 Å². The van der Waals surface area contributed by atoms with Crippen LogP contribution in [-0.2, 0) is 9.59 Å². The summed E-state index contributed by atoms with van der Waals surface area (Å²) in [7, 11) is 0. The zero-order chi connectivity index (χ0) is 7.86. The molecule has 0 fully saturated rings. The first kappa shape index (κ1) is 11.1. The summed E-state index contributed by atoms with van der Waals surface area (Å²) in [5, 5.41) is 12.0. The van der Waals surface area contributed by atoms with Crippen molar-refractivity contribution < 1.29 is 20.1 Å². The molecule has 0 radical (unpaired) electrons. The van der Waals surface area contributed by atoms with Gasteiger partial charge in [0.15, 0.2) is 0 Å². The van der Waals surface area contributed by atoms with E-state index >= 15 is 0 Å². The third kappa shape index (κ3) is 18.9. The first-order chi connectivity index (χ1) is 4.13. The maximum Gasteiger partial charge on any atom is 0.137 e. The van der Waals surface area contributed by atoms with Crippen LogP contribution in [0.4, 0.5) is 0 Å². The molecule has 4 nitrogen and oxygen atoms in total. The minimum Gasteiger partial charge on any atom is -0.300 e. The van der Waals surface area contributed by atoms with E-state index < -0.39 is 0 Å². The third-order valence-electron chi connectivity index (χ3n) is 0.498. The summed E-state index contributed by atoms with van der Waals surface area (Å²) >= 11 is 0.